The zero-order chi connectivity index (χ0) is 16.5. The zero-order valence-corrected chi connectivity index (χ0v) is 11.3. The lowest BCUT2D eigenvalue weighted by Gasteiger charge is -2.17. The first kappa shape index (κ1) is 15.5. The van der Waals surface area contributed by atoms with Crippen molar-refractivity contribution < 1.29 is 23.1 Å². The summed E-state index contributed by atoms with van der Waals surface area (Å²) < 4.78 is 40.7. The minimum atomic E-state index is -4.95. The maximum atomic E-state index is 13.1. The number of nitrogens with one attached hydrogen (secondary N) is 2. The van der Waals surface area contributed by atoms with Crippen LogP contribution in [-0.2, 0) is 4.79 Å². The van der Waals surface area contributed by atoms with Gasteiger partial charge in [-0.05, 0) is 25.1 Å². The molecule has 0 aliphatic heterocycles. The Morgan fingerprint density at radius 2 is 2.09 bits per heavy atom. The summed E-state index contributed by atoms with van der Waals surface area (Å²) >= 11 is 0. The molecule has 2 heterocycles. The summed E-state index contributed by atoms with van der Waals surface area (Å²) in [4.78, 5) is 10.9. The van der Waals surface area contributed by atoms with E-state index in [1.807, 2.05) is 0 Å². The largest absolute Gasteiger partial charge is 0.478 e. The molecule has 6 nitrogen and oxygen atoms in total. The Kier molecular flexibility index (Phi) is 3.89. The normalized spacial score (nSPS) is 12.9. The number of rotatable bonds is 4. The second-order valence-electron chi connectivity index (χ2n) is 4.38. The van der Waals surface area contributed by atoms with Crippen molar-refractivity contribution in [3.05, 3.63) is 41.4 Å². The summed E-state index contributed by atoms with van der Waals surface area (Å²) in [6.45, 7) is 1.73. The molecule has 0 radical (unpaired) electrons. The molecule has 2 aromatic heterocycles. The van der Waals surface area contributed by atoms with Crippen LogP contribution in [0.3, 0.4) is 0 Å². The molecule has 0 fully saturated rings. The van der Waals surface area contributed by atoms with Crippen molar-refractivity contribution in [2.45, 2.75) is 13.1 Å². The summed E-state index contributed by atoms with van der Waals surface area (Å²) in [5.74, 6) is -1.84. The molecule has 0 aliphatic carbocycles. The number of hydrogen-bond donors (Lipinski definition) is 3. The minimum Gasteiger partial charge on any atom is -0.478 e. The van der Waals surface area contributed by atoms with Gasteiger partial charge in [-0.25, -0.2) is 9.31 Å². The van der Waals surface area contributed by atoms with Gasteiger partial charge in [0.1, 0.15) is 11.3 Å². The number of pyridine rings is 1. The van der Waals surface area contributed by atoms with Gasteiger partial charge in [0.15, 0.2) is 0 Å². The molecule has 0 bridgehead atoms. The van der Waals surface area contributed by atoms with Crippen molar-refractivity contribution in [3.63, 3.8) is 0 Å². The number of anilines is 1. The van der Waals surface area contributed by atoms with Gasteiger partial charge in [0.05, 0.1) is 17.4 Å². The number of aryl methyl sites for hydroxylation is 1. The van der Waals surface area contributed by atoms with Gasteiger partial charge in [-0.3, -0.25) is 0 Å². The van der Waals surface area contributed by atoms with Gasteiger partial charge in [-0.1, -0.05) is 0 Å². The summed E-state index contributed by atoms with van der Waals surface area (Å²) in [7, 11) is 0. The van der Waals surface area contributed by atoms with Crippen molar-refractivity contribution in [1.29, 1.82) is 5.41 Å². The SMILES string of the molecule is Cc1ccc(N/C(=C(\C=N)C(=O)O)C(F)(F)F)c2ccnn12. The Hall–Kier alpha value is -2.84. The van der Waals surface area contributed by atoms with Gasteiger partial charge in [0.2, 0.25) is 0 Å². The van der Waals surface area contributed by atoms with Crippen molar-refractivity contribution in [2.75, 3.05) is 5.32 Å². The monoisotopic (exact) mass is 312 g/mol. The number of hydrogen-bond acceptors (Lipinski definition) is 4. The van der Waals surface area contributed by atoms with Crippen molar-refractivity contribution in [3.8, 4) is 0 Å². The molecule has 9 heteroatoms. The van der Waals surface area contributed by atoms with E-state index in [-0.39, 0.29) is 11.9 Å². The fourth-order valence-corrected chi connectivity index (χ4v) is 1.92. The summed E-state index contributed by atoms with van der Waals surface area (Å²) in [5, 5.41) is 21.8. The number of aromatic nitrogens is 2. The molecule has 0 amide bonds. The van der Waals surface area contributed by atoms with Crippen LogP contribution in [0.15, 0.2) is 35.7 Å². The van der Waals surface area contributed by atoms with Crippen LogP contribution in [-0.4, -0.2) is 33.1 Å². The zero-order valence-electron chi connectivity index (χ0n) is 11.3. The van der Waals surface area contributed by atoms with Crippen LogP contribution >= 0.6 is 0 Å². The van der Waals surface area contributed by atoms with Crippen LogP contribution in [0.25, 0.3) is 5.52 Å². The Labute approximate surface area is 122 Å². The number of allylic oxidation sites excluding steroid dienone is 1. The lowest BCUT2D eigenvalue weighted by molar-refractivity contribution is -0.133. The summed E-state index contributed by atoms with van der Waals surface area (Å²) in [6.07, 6.45) is -3.38. The molecule has 0 unspecified atom stereocenters. The topological polar surface area (TPSA) is 90.5 Å². The van der Waals surface area contributed by atoms with E-state index in [1.54, 1.807) is 13.0 Å². The van der Waals surface area contributed by atoms with Crippen LogP contribution in [0.4, 0.5) is 18.9 Å². The molecule has 0 aromatic carbocycles. The van der Waals surface area contributed by atoms with E-state index in [2.05, 4.69) is 10.4 Å². The fraction of sp³-hybridized carbons (Fsp3) is 0.154. The predicted octanol–water partition coefficient (Wildman–Crippen LogP) is 2.61. The van der Waals surface area contributed by atoms with E-state index in [0.717, 1.165) is 0 Å². The van der Waals surface area contributed by atoms with E-state index in [4.69, 9.17) is 10.5 Å². The van der Waals surface area contributed by atoms with E-state index < -0.39 is 23.4 Å². The van der Waals surface area contributed by atoms with Crippen LogP contribution in [0.1, 0.15) is 5.69 Å². The summed E-state index contributed by atoms with van der Waals surface area (Å²) in [5.41, 5.74) is -1.59. The van der Waals surface area contributed by atoms with Gasteiger partial charge in [0.25, 0.3) is 0 Å². The van der Waals surface area contributed by atoms with Gasteiger partial charge in [-0.2, -0.15) is 18.3 Å². The molecule has 0 atom stereocenters. The highest BCUT2D eigenvalue weighted by molar-refractivity contribution is 6.09. The van der Waals surface area contributed by atoms with E-state index in [0.29, 0.717) is 11.2 Å². The molecular formula is C13H11F3N4O2. The number of fused-ring (bicyclic) bond motifs is 1. The third-order valence-electron chi connectivity index (χ3n) is 2.93. The first-order valence-electron chi connectivity index (χ1n) is 6.01. The van der Waals surface area contributed by atoms with E-state index >= 15 is 0 Å². The average Bonchev–Trinajstić information content (AvgIpc) is 2.90. The molecular weight excluding hydrogens is 301 g/mol. The molecule has 3 N–H and O–H groups in total. The standard InChI is InChI=1S/C13H11F3N4O2/c1-7-2-3-9(10-4-5-18-20(7)10)19-11(13(14,15)16)8(6-17)12(21)22/h2-6,17,19H,1H3,(H,21,22)/b11-8+,17-6?. The Balaban J connectivity index is 2.61. The summed E-state index contributed by atoms with van der Waals surface area (Å²) in [6, 6.07) is 4.43. The number of halogens is 3. The first-order valence-corrected chi connectivity index (χ1v) is 6.01. The average molecular weight is 312 g/mol. The van der Waals surface area contributed by atoms with Gasteiger partial charge < -0.3 is 15.8 Å². The molecule has 2 rings (SSSR count). The number of carbonyl (C=O) groups is 1. The molecule has 0 saturated carbocycles. The second-order valence-corrected chi connectivity index (χ2v) is 4.38. The lowest BCUT2D eigenvalue weighted by Crippen LogP contribution is -2.25. The molecule has 0 aliphatic rings. The van der Waals surface area contributed by atoms with Crippen molar-refractivity contribution in [2.24, 2.45) is 0 Å². The molecule has 116 valence electrons. The van der Waals surface area contributed by atoms with E-state index in [9.17, 15) is 18.0 Å². The van der Waals surface area contributed by atoms with E-state index in [1.165, 1.54) is 22.8 Å². The molecule has 2 aromatic rings. The second kappa shape index (κ2) is 5.51. The number of nitrogens with zero attached hydrogens (tertiary/aromatic N) is 2. The van der Waals surface area contributed by atoms with Crippen molar-refractivity contribution >= 4 is 23.4 Å². The predicted molar refractivity (Wildman–Crippen MR) is 73.1 cm³/mol. The Morgan fingerprint density at radius 1 is 1.41 bits per heavy atom. The van der Waals surface area contributed by atoms with Crippen LogP contribution in [0, 0.1) is 12.3 Å². The Morgan fingerprint density at radius 3 is 2.64 bits per heavy atom. The highest BCUT2D eigenvalue weighted by Gasteiger charge is 2.38. The number of alkyl halides is 3. The van der Waals surface area contributed by atoms with Gasteiger partial charge in [0, 0.05) is 11.9 Å². The molecule has 0 saturated heterocycles. The quantitative estimate of drug-likeness (QED) is 0.598. The van der Waals surface area contributed by atoms with Gasteiger partial charge in [-0.15, -0.1) is 0 Å². The maximum absolute atomic E-state index is 13.1. The van der Waals surface area contributed by atoms with Crippen LogP contribution < -0.4 is 5.32 Å². The van der Waals surface area contributed by atoms with Crippen LogP contribution in [0.2, 0.25) is 0 Å². The smallest absolute Gasteiger partial charge is 0.432 e. The Bertz CT molecular complexity index is 777. The third kappa shape index (κ3) is 2.78. The third-order valence-corrected chi connectivity index (χ3v) is 2.93. The maximum Gasteiger partial charge on any atom is 0.432 e. The number of carboxylic acids is 1. The van der Waals surface area contributed by atoms with Crippen LogP contribution in [0.5, 0.6) is 0 Å². The lowest BCUT2D eigenvalue weighted by atomic mass is 10.2. The number of carboxylic acid groups (broad SMARTS) is 1. The highest BCUT2D eigenvalue weighted by Crippen LogP contribution is 2.31. The van der Waals surface area contributed by atoms with Gasteiger partial charge >= 0.3 is 12.1 Å². The number of aliphatic carboxylic acids is 1. The molecule has 0 spiro atoms. The first-order chi connectivity index (χ1) is 10.3. The minimum absolute atomic E-state index is 0.0380. The fourth-order valence-electron chi connectivity index (χ4n) is 1.92. The molecule has 22 heavy (non-hydrogen) atoms. The highest BCUT2D eigenvalue weighted by atomic mass is 19.4. The van der Waals surface area contributed by atoms with Crippen molar-refractivity contribution in [1.82, 2.24) is 9.61 Å².